The van der Waals surface area contributed by atoms with E-state index in [1.165, 1.54) is 13.2 Å². The van der Waals surface area contributed by atoms with Crippen molar-refractivity contribution >= 4 is 31.9 Å². The number of methoxy groups -OCH3 is 1. The summed E-state index contributed by atoms with van der Waals surface area (Å²) in [5.74, 6) is -0.556. The molecule has 0 fully saturated rings. The van der Waals surface area contributed by atoms with Crippen LogP contribution in [0.3, 0.4) is 0 Å². The predicted octanol–water partition coefficient (Wildman–Crippen LogP) is 2.45. The van der Waals surface area contributed by atoms with Crippen LogP contribution in [0.5, 0.6) is 5.75 Å². The number of ether oxygens (including phenoxy) is 2. The SMILES string of the molecule is CCCC(C)OC(=O)c1cc(Br)c(OC)c(S(N)(=O)=O)c1. The van der Waals surface area contributed by atoms with Gasteiger partial charge in [0, 0.05) is 0 Å². The molecule has 0 amide bonds. The van der Waals surface area contributed by atoms with E-state index in [-0.39, 0.29) is 22.3 Å². The molecule has 0 aromatic heterocycles. The van der Waals surface area contributed by atoms with E-state index in [0.717, 1.165) is 18.9 Å². The molecule has 6 nitrogen and oxygen atoms in total. The summed E-state index contributed by atoms with van der Waals surface area (Å²) in [7, 11) is -2.71. The van der Waals surface area contributed by atoms with Gasteiger partial charge in [0.25, 0.3) is 0 Å². The lowest BCUT2D eigenvalue weighted by atomic mass is 10.2. The summed E-state index contributed by atoms with van der Waals surface area (Å²) >= 11 is 3.16. The van der Waals surface area contributed by atoms with Crippen molar-refractivity contribution in [2.45, 2.75) is 37.7 Å². The van der Waals surface area contributed by atoms with E-state index in [0.29, 0.717) is 4.47 Å². The van der Waals surface area contributed by atoms with Crippen LogP contribution in [0.25, 0.3) is 0 Å². The number of sulfonamides is 1. The standard InChI is InChI=1S/C13H18BrNO5S/c1-4-5-8(2)20-13(16)9-6-10(14)12(19-3)11(7-9)21(15,17)18/h6-8H,4-5H2,1-3H3,(H2,15,17,18). The zero-order valence-electron chi connectivity index (χ0n) is 12.1. The summed E-state index contributed by atoms with van der Waals surface area (Å²) in [6.07, 6.45) is 1.36. The van der Waals surface area contributed by atoms with Crippen LogP contribution in [0.2, 0.25) is 0 Å². The quantitative estimate of drug-likeness (QED) is 0.765. The third-order valence-corrected chi connectivity index (χ3v) is 4.26. The van der Waals surface area contributed by atoms with Gasteiger partial charge < -0.3 is 9.47 Å². The van der Waals surface area contributed by atoms with Gasteiger partial charge in [-0.2, -0.15) is 0 Å². The average Bonchev–Trinajstić information content (AvgIpc) is 2.36. The van der Waals surface area contributed by atoms with Crippen molar-refractivity contribution in [1.29, 1.82) is 0 Å². The highest BCUT2D eigenvalue weighted by molar-refractivity contribution is 9.10. The lowest BCUT2D eigenvalue weighted by molar-refractivity contribution is 0.0323. The summed E-state index contributed by atoms with van der Waals surface area (Å²) in [6, 6.07) is 2.59. The fraction of sp³-hybridized carbons (Fsp3) is 0.462. The Balaban J connectivity index is 3.22. The number of carbonyl (C=O) groups is 1. The van der Waals surface area contributed by atoms with Crippen molar-refractivity contribution in [3.63, 3.8) is 0 Å². The highest BCUT2D eigenvalue weighted by Gasteiger charge is 2.22. The van der Waals surface area contributed by atoms with Gasteiger partial charge in [-0.3, -0.25) is 0 Å². The maximum absolute atomic E-state index is 12.0. The van der Waals surface area contributed by atoms with Crippen LogP contribution in [0.4, 0.5) is 0 Å². The van der Waals surface area contributed by atoms with Crippen molar-refractivity contribution in [2.24, 2.45) is 5.14 Å². The molecule has 0 aliphatic heterocycles. The number of rotatable bonds is 6. The first-order valence-electron chi connectivity index (χ1n) is 6.32. The van der Waals surface area contributed by atoms with Crippen molar-refractivity contribution in [3.05, 3.63) is 22.2 Å². The Kier molecular flexibility index (Phi) is 6.18. The van der Waals surface area contributed by atoms with Gasteiger partial charge in [-0.05, 0) is 41.4 Å². The normalized spacial score (nSPS) is 12.8. The molecule has 1 unspecified atom stereocenters. The Morgan fingerprint density at radius 3 is 2.52 bits per heavy atom. The summed E-state index contributed by atoms with van der Waals surface area (Å²) in [5, 5.41) is 5.14. The maximum Gasteiger partial charge on any atom is 0.338 e. The second-order valence-corrected chi connectivity index (χ2v) is 6.92. The number of primary sulfonamides is 1. The van der Waals surface area contributed by atoms with Gasteiger partial charge >= 0.3 is 5.97 Å². The molecule has 0 heterocycles. The summed E-state index contributed by atoms with van der Waals surface area (Å²) < 4.78 is 33.7. The van der Waals surface area contributed by atoms with E-state index in [9.17, 15) is 13.2 Å². The van der Waals surface area contributed by atoms with E-state index in [1.54, 1.807) is 6.92 Å². The molecular formula is C13H18BrNO5S. The summed E-state index contributed by atoms with van der Waals surface area (Å²) in [6.45, 7) is 3.76. The highest BCUT2D eigenvalue weighted by atomic mass is 79.9. The summed E-state index contributed by atoms with van der Waals surface area (Å²) in [4.78, 5) is 11.8. The van der Waals surface area contributed by atoms with Gasteiger partial charge in [-0.25, -0.2) is 18.4 Å². The number of benzene rings is 1. The topological polar surface area (TPSA) is 95.7 Å². The van der Waals surface area contributed by atoms with Crippen LogP contribution < -0.4 is 9.88 Å². The molecule has 21 heavy (non-hydrogen) atoms. The van der Waals surface area contributed by atoms with Crippen LogP contribution in [0, 0.1) is 0 Å². The molecule has 1 atom stereocenters. The second-order valence-electron chi connectivity index (χ2n) is 4.54. The lowest BCUT2D eigenvalue weighted by Crippen LogP contribution is -2.17. The van der Waals surface area contributed by atoms with Gasteiger partial charge in [-0.1, -0.05) is 13.3 Å². The number of hydrogen-bond donors (Lipinski definition) is 1. The van der Waals surface area contributed by atoms with Crippen LogP contribution >= 0.6 is 15.9 Å². The zero-order valence-corrected chi connectivity index (χ0v) is 14.5. The maximum atomic E-state index is 12.0. The molecule has 1 aromatic carbocycles. The average molecular weight is 380 g/mol. The van der Waals surface area contributed by atoms with E-state index < -0.39 is 16.0 Å². The minimum atomic E-state index is -4.03. The molecule has 0 bridgehead atoms. The Bertz CT molecular complexity index is 630. The zero-order chi connectivity index (χ0) is 16.2. The Labute approximate surface area is 132 Å². The monoisotopic (exact) mass is 379 g/mol. The van der Waals surface area contributed by atoms with Crippen molar-refractivity contribution in [3.8, 4) is 5.75 Å². The van der Waals surface area contributed by atoms with Crippen molar-refractivity contribution in [2.75, 3.05) is 7.11 Å². The predicted molar refractivity (Wildman–Crippen MR) is 81.9 cm³/mol. The molecule has 0 saturated carbocycles. The Morgan fingerprint density at radius 1 is 1.43 bits per heavy atom. The largest absolute Gasteiger partial charge is 0.494 e. The van der Waals surface area contributed by atoms with Gasteiger partial charge in [0.1, 0.15) is 4.90 Å². The summed E-state index contributed by atoms with van der Waals surface area (Å²) in [5.41, 5.74) is 0.0923. The molecule has 0 aliphatic rings. The minimum absolute atomic E-state index is 0.0515. The smallest absolute Gasteiger partial charge is 0.338 e. The first-order valence-corrected chi connectivity index (χ1v) is 8.66. The molecule has 0 saturated heterocycles. The van der Waals surface area contributed by atoms with Crippen molar-refractivity contribution < 1.29 is 22.7 Å². The molecule has 0 radical (unpaired) electrons. The van der Waals surface area contributed by atoms with E-state index >= 15 is 0 Å². The van der Waals surface area contributed by atoms with Crippen molar-refractivity contribution in [1.82, 2.24) is 0 Å². The molecule has 8 heteroatoms. The molecule has 1 rings (SSSR count). The Hall–Kier alpha value is -1.12. The van der Waals surface area contributed by atoms with E-state index in [4.69, 9.17) is 14.6 Å². The first kappa shape index (κ1) is 17.9. The van der Waals surface area contributed by atoms with E-state index in [2.05, 4.69) is 15.9 Å². The minimum Gasteiger partial charge on any atom is -0.494 e. The molecule has 118 valence electrons. The molecule has 2 N–H and O–H groups in total. The van der Waals surface area contributed by atoms with Gasteiger partial charge in [0.15, 0.2) is 5.75 Å². The van der Waals surface area contributed by atoms with Crippen LogP contribution in [0.15, 0.2) is 21.5 Å². The molecule has 1 aromatic rings. The van der Waals surface area contributed by atoms with Crippen LogP contribution in [0.1, 0.15) is 37.0 Å². The van der Waals surface area contributed by atoms with E-state index in [1.807, 2.05) is 6.92 Å². The van der Waals surface area contributed by atoms with Crippen LogP contribution in [-0.4, -0.2) is 27.6 Å². The van der Waals surface area contributed by atoms with Crippen LogP contribution in [-0.2, 0) is 14.8 Å². The van der Waals surface area contributed by atoms with Gasteiger partial charge in [0.2, 0.25) is 10.0 Å². The van der Waals surface area contributed by atoms with Gasteiger partial charge in [-0.15, -0.1) is 0 Å². The third kappa shape index (κ3) is 4.69. The number of hydrogen-bond acceptors (Lipinski definition) is 5. The Morgan fingerprint density at radius 2 is 2.05 bits per heavy atom. The fourth-order valence-electron chi connectivity index (χ4n) is 1.81. The fourth-order valence-corrected chi connectivity index (χ4v) is 3.31. The third-order valence-electron chi connectivity index (χ3n) is 2.76. The second kappa shape index (κ2) is 7.24. The number of nitrogens with two attached hydrogens (primary N) is 1. The molecular weight excluding hydrogens is 362 g/mol. The number of halogens is 1. The number of carbonyl (C=O) groups excluding carboxylic acids is 1. The number of esters is 1. The highest BCUT2D eigenvalue weighted by Crippen LogP contribution is 2.33. The molecule has 0 aliphatic carbocycles. The molecule has 0 spiro atoms. The first-order chi connectivity index (χ1) is 9.70. The van der Waals surface area contributed by atoms with Gasteiger partial charge in [0.05, 0.1) is 23.2 Å². The lowest BCUT2D eigenvalue weighted by Gasteiger charge is -2.14.